The van der Waals surface area contributed by atoms with E-state index in [1.807, 2.05) is 49.4 Å². The average molecular weight is 538 g/mol. The van der Waals surface area contributed by atoms with Gasteiger partial charge in [0.05, 0.1) is 25.4 Å². The first kappa shape index (κ1) is 32.1. The third-order valence-corrected chi connectivity index (χ3v) is 6.45. The van der Waals surface area contributed by atoms with E-state index in [1.165, 1.54) is 6.42 Å². The average Bonchev–Trinajstić information content (AvgIpc) is 2.92. The van der Waals surface area contributed by atoms with Crippen molar-refractivity contribution in [1.82, 2.24) is 4.90 Å². The van der Waals surface area contributed by atoms with Crippen LogP contribution in [0.15, 0.2) is 54.6 Å². The van der Waals surface area contributed by atoms with Crippen LogP contribution in [0.5, 0.6) is 5.75 Å². The van der Waals surface area contributed by atoms with E-state index in [4.69, 9.17) is 14.2 Å². The number of rotatable bonds is 19. The summed E-state index contributed by atoms with van der Waals surface area (Å²) in [4.78, 5) is 26.0. The van der Waals surface area contributed by atoms with Gasteiger partial charge >= 0.3 is 11.9 Å². The van der Waals surface area contributed by atoms with E-state index in [0.717, 1.165) is 61.9 Å². The third kappa shape index (κ3) is 13.5. The standard InChI is InChI=1S/C33H47NO5/c1-5-37-32(35)17-11-8-14-27(26-28-19-22-30(23-20-28)33(36)38-6-2)18-21-29-15-9-10-16-31(29)39-25-13-7-12-24-34(3)4/h9-10,15-16,18-23,27H,5-8,11-14,17,24-26H2,1-4H3. The van der Waals surface area contributed by atoms with Crippen LogP contribution >= 0.6 is 0 Å². The largest absolute Gasteiger partial charge is 0.493 e. The van der Waals surface area contributed by atoms with Crippen LogP contribution < -0.4 is 4.74 Å². The minimum atomic E-state index is -0.297. The molecule has 0 amide bonds. The molecule has 6 heteroatoms. The van der Waals surface area contributed by atoms with Gasteiger partial charge in [-0.15, -0.1) is 0 Å². The van der Waals surface area contributed by atoms with Gasteiger partial charge in [-0.05, 0) is 103 Å². The maximum atomic E-state index is 12.0. The topological polar surface area (TPSA) is 65.1 Å². The van der Waals surface area contributed by atoms with Crippen LogP contribution in [0.3, 0.4) is 0 Å². The summed E-state index contributed by atoms with van der Waals surface area (Å²) in [5.41, 5.74) is 2.79. The molecule has 6 nitrogen and oxygen atoms in total. The quantitative estimate of drug-likeness (QED) is 0.142. The molecule has 0 aliphatic carbocycles. The number of nitrogens with zero attached hydrogens (tertiary/aromatic N) is 1. The zero-order chi connectivity index (χ0) is 28.3. The summed E-state index contributed by atoms with van der Waals surface area (Å²) in [6.45, 7) is 6.23. The number of carbonyl (C=O) groups is 2. The Hall–Kier alpha value is -3.12. The van der Waals surface area contributed by atoms with Crippen LogP contribution in [0.4, 0.5) is 0 Å². The number of unbranched alkanes of at least 4 members (excludes halogenated alkanes) is 3. The Bertz CT molecular complexity index is 999. The van der Waals surface area contributed by atoms with Crippen LogP contribution in [-0.2, 0) is 20.7 Å². The summed E-state index contributed by atoms with van der Waals surface area (Å²) in [7, 11) is 4.20. The number of esters is 2. The molecule has 0 fully saturated rings. The first-order chi connectivity index (χ1) is 18.9. The van der Waals surface area contributed by atoms with E-state index in [0.29, 0.717) is 31.8 Å². The van der Waals surface area contributed by atoms with E-state index in [1.54, 1.807) is 6.92 Å². The number of hydrogen-bond acceptors (Lipinski definition) is 6. The van der Waals surface area contributed by atoms with Crippen LogP contribution in [-0.4, -0.2) is 57.3 Å². The molecule has 0 aromatic heterocycles. The molecular weight excluding hydrogens is 490 g/mol. The molecule has 1 atom stereocenters. The van der Waals surface area contributed by atoms with Crippen molar-refractivity contribution in [2.75, 3.05) is 40.5 Å². The Kier molecular flexibility index (Phi) is 15.7. The predicted octanol–water partition coefficient (Wildman–Crippen LogP) is 6.97. The van der Waals surface area contributed by atoms with Gasteiger partial charge in [0.25, 0.3) is 0 Å². The lowest BCUT2D eigenvalue weighted by Crippen LogP contribution is -2.13. The molecule has 214 valence electrons. The highest BCUT2D eigenvalue weighted by Gasteiger charge is 2.11. The molecule has 0 spiro atoms. The van der Waals surface area contributed by atoms with Crippen molar-refractivity contribution in [3.05, 3.63) is 71.3 Å². The van der Waals surface area contributed by atoms with Gasteiger partial charge in [-0.1, -0.05) is 48.9 Å². The molecule has 0 N–H and O–H groups in total. The van der Waals surface area contributed by atoms with Gasteiger partial charge in [-0.3, -0.25) is 4.79 Å². The highest BCUT2D eigenvalue weighted by molar-refractivity contribution is 5.89. The molecule has 0 saturated carbocycles. The van der Waals surface area contributed by atoms with Crippen LogP contribution in [0.25, 0.3) is 6.08 Å². The summed E-state index contributed by atoms with van der Waals surface area (Å²) < 4.78 is 16.3. The second kappa shape index (κ2) is 19.0. The number of hydrogen-bond donors (Lipinski definition) is 0. The van der Waals surface area contributed by atoms with Crippen molar-refractivity contribution >= 4 is 18.0 Å². The fourth-order valence-corrected chi connectivity index (χ4v) is 4.35. The molecule has 2 aromatic carbocycles. The summed E-state index contributed by atoms with van der Waals surface area (Å²) >= 11 is 0. The second-order valence-corrected chi connectivity index (χ2v) is 10.0. The Morgan fingerprint density at radius 2 is 1.62 bits per heavy atom. The number of carbonyl (C=O) groups excluding carboxylic acids is 2. The highest BCUT2D eigenvalue weighted by Crippen LogP contribution is 2.24. The van der Waals surface area contributed by atoms with Gasteiger partial charge in [0, 0.05) is 12.0 Å². The monoisotopic (exact) mass is 537 g/mol. The Morgan fingerprint density at radius 3 is 2.33 bits per heavy atom. The first-order valence-electron chi connectivity index (χ1n) is 14.4. The normalized spacial score (nSPS) is 12.0. The minimum absolute atomic E-state index is 0.132. The van der Waals surface area contributed by atoms with E-state index in [9.17, 15) is 9.59 Å². The zero-order valence-electron chi connectivity index (χ0n) is 24.3. The number of para-hydroxylation sites is 1. The Balaban J connectivity index is 2.03. The van der Waals surface area contributed by atoms with Gasteiger partial charge < -0.3 is 19.1 Å². The van der Waals surface area contributed by atoms with E-state index < -0.39 is 0 Å². The molecule has 2 rings (SSSR count). The van der Waals surface area contributed by atoms with Gasteiger partial charge in [-0.2, -0.15) is 0 Å². The maximum Gasteiger partial charge on any atom is 0.338 e. The van der Waals surface area contributed by atoms with Crippen molar-refractivity contribution < 1.29 is 23.8 Å². The van der Waals surface area contributed by atoms with Gasteiger partial charge in [-0.25, -0.2) is 4.79 Å². The van der Waals surface area contributed by atoms with Gasteiger partial charge in [0.2, 0.25) is 0 Å². The SMILES string of the molecule is CCOC(=O)CCCCC(C=Cc1ccccc1OCCCCCN(C)C)Cc1ccc(C(=O)OCC)cc1. The molecule has 0 bridgehead atoms. The molecule has 0 aliphatic rings. The highest BCUT2D eigenvalue weighted by atomic mass is 16.5. The Labute approximate surface area is 235 Å². The molecular formula is C33H47NO5. The molecule has 1 unspecified atom stereocenters. The van der Waals surface area contributed by atoms with Crippen molar-refractivity contribution in [2.45, 2.75) is 65.2 Å². The number of benzene rings is 2. The molecule has 39 heavy (non-hydrogen) atoms. The molecule has 0 aliphatic heterocycles. The first-order valence-corrected chi connectivity index (χ1v) is 14.4. The van der Waals surface area contributed by atoms with E-state index in [2.05, 4.69) is 37.2 Å². The second-order valence-electron chi connectivity index (χ2n) is 10.0. The van der Waals surface area contributed by atoms with Crippen LogP contribution in [0, 0.1) is 5.92 Å². The molecule has 0 heterocycles. The lowest BCUT2D eigenvalue weighted by atomic mass is 9.92. The molecule has 0 saturated heterocycles. The van der Waals surface area contributed by atoms with Crippen molar-refractivity contribution in [3.8, 4) is 5.75 Å². The summed E-state index contributed by atoms with van der Waals surface area (Å²) in [5, 5.41) is 0. The fourth-order valence-electron chi connectivity index (χ4n) is 4.35. The third-order valence-electron chi connectivity index (χ3n) is 6.45. The summed E-state index contributed by atoms with van der Waals surface area (Å²) in [6.07, 6.45) is 11.7. The van der Waals surface area contributed by atoms with Crippen molar-refractivity contribution in [2.24, 2.45) is 5.92 Å². The summed E-state index contributed by atoms with van der Waals surface area (Å²) in [5.74, 6) is 0.752. The lowest BCUT2D eigenvalue weighted by molar-refractivity contribution is -0.143. The number of ether oxygens (including phenoxy) is 3. The summed E-state index contributed by atoms with van der Waals surface area (Å²) in [6, 6.07) is 15.8. The maximum absolute atomic E-state index is 12.0. The van der Waals surface area contributed by atoms with E-state index >= 15 is 0 Å². The van der Waals surface area contributed by atoms with Crippen molar-refractivity contribution in [3.63, 3.8) is 0 Å². The number of allylic oxidation sites excluding steroid dienone is 1. The van der Waals surface area contributed by atoms with Crippen LogP contribution in [0.2, 0.25) is 0 Å². The minimum Gasteiger partial charge on any atom is -0.493 e. The molecule has 2 aromatic rings. The van der Waals surface area contributed by atoms with E-state index in [-0.39, 0.29) is 17.9 Å². The predicted molar refractivity (Wildman–Crippen MR) is 158 cm³/mol. The fraction of sp³-hybridized carbons (Fsp3) is 0.515. The van der Waals surface area contributed by atoms with Gasteiger partial charge in [0.1, 0.15) is 5.75 Å². The zero-order valence-corrected chi connectivity index (χ0v) is 24.3. The molecule has 0 radical (unpaired) electrons. The smallest absolute Gasteiger partial charge is 0.338 e. The van der Waals surface area contributed by atoms with Gasteiger partial charge in [0.15, 0.2) is 0 Å². The van der Waals surface area contributed by atoms with Crippen molar-refractivity contribution in [1.29, 1.82) is 0 Å². The Morgan fingerprint density at radius 1 is 0.872 bits per heavy atom. The van der Waals surface area contributed by atoms with Crippen LogP contribution in [0.1, 0.15) is 80.3 Å². The lowest BCUT2D eigenvalue weighted by Gasteiger charge is -2.15.